The van der Waals surface area contributed by atoms with Crippen LogP contribution in [0, 0.1) is 0 Å². The van der Waals surface area contributed by atoms with Gasteiger partial charge in [0.15, 0.2) is 0 Å². The largest absolute Gasteiger partial charge is 0.416 e. The van der Waals surface area contributed by atoms with E-state index in [0.717, 1.165) is 17.7 Å². The van der Waals surface area contributed by atoms with E-state index < -0.39 is 23.3 Å². The zero-order chi connectivity index (χ0) is 25.8. The Bertz CT molecular complexity index is 1290. The van der Waals surface area contributed by atoms with E-state index in [4.69, 9.17) is 11.6 Å². The van der Waals surface area contributed by atoms with Crippen molar-refractivity contribution in [3.05, 3.63) is 124 Å². The number of halogens is 4. The van der Waals surface area contributed by atoms with E-state index in [1.54, 1.807) is 36.4 Å². The molecule has 2 amide bonds. The van der Waals surface area contributed by atoms with Gasteiger partial charge in [-0.05, 0) is 54.0 Å². The number of dihydropyridines is 1. The van der Waals surface area contributed by atoms with Gasteiger partial charge in [-0.25, -0.2) is 4.79 Å². The van der Waals surface area contributed by atoms with Crippen LogP contribution in [0.1, 0.15) is 23.6 Å². The molecular weight excluding hydrogens is 487 g/mol. The minimum atomic E-state index is -4.55. The molecule has 1 unspecified atom stereocenters. The van der Waals surface area contributed by atoms with E-state index in [-0.39, 0.29) is 18.5 Å². The Hall–Kier alpha value is -3.71. The van der Waals surface area contributed by atoms with Crippen LogP contribution in [0.25, 0.3) is 0 Å². The van der Waals surface area contributed by atoms with Crippen molar-refractivity contribution in [2.75, 3.05) is 11.9 Å². The number of urea groups is 1. The van der Waals surface area contributed by atoms with E-state index in [0.29, 0.717) is 22.0 Å². The van der Waals surface area contributed by atoms with Crippen molar-refractivity contribution in [2.45, 2.75) is 25.1 Å². The zero-order valence-corrected chi connectivity index (χ0v) is 20.3. The molecule has 3 N–H and O–H groups in total. The first-order chi connectivity index (χ1) is 17.2. The van der Waals surface area contributed by atoms with E-state index in [9.17, 15) is 18.0 Å². The second-order valence-corrected chi connectivity index (χ2v) is 9.08. The summed E-state index contributed by atoms with van der Waals surface area (Å²) >= 11 is 6.25. The van der Waals surface area contributed by atoms with Crippen LogP contribution in [0.4, 0.5) is 23.7 Å². The molecule has 0 saturated heterocycles. The summed E-state index contributed by atoms with van der Waals surface area (Å²) in [4.78, 5) is 13.4. The molecule has 1 aliphatic heterocycles. The Labute approximate surface area is 212 Å². The third-order valence-electron chi connectivity index (χ3n) is 5.98. The summed E-state index contributed by atoms with van der Waals surface area (Å²) in [7, 11) is 0. The van der Waals surface area contributed by atoms with Crippen molar-refractivity contribution in [1.82, 2.24) is 10.6 Å². The number of para-hydroxylation sites is 1. The Morgan fingerprint density at radius 2 is 1.58 bits per heavy atom. The predicted octanol–water partition coefficient (Wildman–Crippen LogP) is 6.97. The highest BCUT2D eigenvalue weighted by Gasteiger charge is 2.42. The first-order valence-electron chi connectivity index (χ1n) is 11.3. The van der Waals surface area contributed by atoms with Gasteiger partial charge in [-0.1, -0.05) is 72.3 Å². The summed E-state index contributed by atoms with van der Waals surface area (Å²) in [6, 6.07) is 22.7. The molecule has 4 rings (SSSR count). The van der Waals surface area contributed by atoms with E-state index >= 15 is 0 Å². The molecule has 8 heteroatoms. The maximum absolute atomic E-state index is 13.7. The minimum absolute atomic E-state index is 0.197. The molecule has 0 aromatic heterocycles. The lowest BCUT2D eigenvalue weighted by molar-refractivity contribution is -0.137. The molecule has 0 radical (unpaired) electrons. The molecule has 186 valence electrons. The number of anilines is 1. The smallest absolute Gasteiger partial charge is 0.381 e. The fraction of sp³-hybridized carbons (Fsp3) is 0.179. The lowest BCUT2D eigenvalue weighted by atomic mass is 9.78. The Kier molecular flexibility index (Phi) is 7.40. The number of carbonyl (C=O) groups is 1. The van der Waals surface area contributed by atoms with Gasteiger partial charge in [-0.3, -0.25) is 0 Å². The van der Waals surface area contributed by atoms with E-state index in [1.807, 2.05) is 43.3 Å². The Morgan fingerprint density at radius 1 is 0.944 bits per heavy atom. The molecule has 0 spiro atoms. The van der Waals surface area contributed by atoms with Crippen LogP contribution in [0.2, 0.25) is 0 Å². The number of alkyl halides is 3. The van der Waals surface area contributed by atoms with Crippen LogP contribution < -0.4 is 16.0 Å². The van der Waals surface area contributed by atoms with Gasteiger partial charge < -0.3 is 16.0 Å². The van der Waals surface area contributed by atoms with Crippen LogP contribution in [-0.4, -0.2) is 12.6 Å². The van der Waals surface area contributed by atoms with Gasteiger partial charge in [0, 0.05) is 22.8 Å². The van der Waals surface area contributed by atoms with Gasteiger partial charge in [0.1, 0.15) is 5.54 Å². The molecule has 0 fully saturated rings. The number of amides is 2. The van der Waals surface area contributed by atoms with Crippen LogP contribution in [0.15, 0.2) is 107 Å². The van der Waals surface area contributed by atoms with Crippen molar-refractivity contribution >= 4 is 23.3 Å². The van der Waals surface area contributed by atoms with Crippen molar-refractivity contribution in [1.29, 1.82) is 0 Å². The fourth-order valence-electron chi connectivity index (χ4n) is 4.41. The number of hydrogen-bond acceptors (Lipinski definition) is 2. The number of nitrogens with one attached hydrogen (secondary N) is 3. The molecule has 3 aromatic carbocycles. The van der Waals surface area contributed by atoms with Crippen LogP contribution in [0.3, 0.4) is 0 Å². The number of hydrogen-bond donors (Lipinski definition) is 3. The second-order valence-electron chi connectivity index (χ2n) is 8.59. The lowest BCUT2D eigenvalue weighted by Crippen LogP contribution is -2.54. The van der Waals surface area contributed by atoms with E-state index in [1.165, 1.54) is 6.07 Å². The highest BCUT2D eigenvalue weighted by molar-refractivity contribution is 6.30. The minimum Gasteiger partial charge on any atom is -0.381 e. The molecule has 1 atom stereocenters. The molecule has 0 saturated carbocycles. The van der Waals surface area contributed by atoms with Crippen molar-refractivity contribution in [3.63, 3.8) is 0 Å². The fourth-order valence-corrected chi connectivity index (χ4v) is 4.64. The molecule has 1 heterocycles. The Balaban J connectivity index is 1.90. The SMILES string of the molecule is CC1=C(C(Cc2ccccc2)(NC(=O)Nc2ccccc2)c2cccc(C(F)(F)F)c2)NCC(Cl)=C1. The topological polar surface area (TPSA) is 53.2 Å². The second kappa shape index (κ2) is 10.5. The third-order valence-corrected chi connectivity index (χ3v) is 6.22. The van der Waals surface area contributed by atoms with Crippen LogP contribution >= 0.6 is 11.6 Å². The lowest BCUT2D eigenvalue weighted by Gasteiger charge is -2.40. The normalized spacial score (nSPS) is 15.4. The molecule has 0 bridgehead atoms. The monoisotopic (exact) mass is 511 g/mol. The summed E-state index contributed by atoms with van der Waals surface area (Å²) in [5.41, 5.74) is 0.788. The summed E-state index contributed by atoms with van der Waals surface area (Å²) in [5, 5.41) is 9.64. The first-order valence-corrected chi connectivity index (χ1v) is 11.7. The average molecular weight is 512 g/mol. The first kappa shape index (κ1) is 25.4. The van der Waals surface area contributed by atoms with Gasteiger partial charge in [-0.2, -0.15) is 13.2 Å². The maximum Gasteiger partial charge on any atom is 0.416 e. The van der Waals surface area contributed by atoms with Gasteiger partial charge in [0.05, 0.1) is 12.1 Å². The summed E-state index contributed by atoms with van der Waals surface area (Å²) in [6.45, 7) is 2.10. The Morgan fingerprint density at radius 3 is 2.22 bits per heavy atom. The number of rotatable bonds is 6. The van der Waals surface area contributed by atoms with Crippen molar-refractivity contribution < 1.29 is 18.0 Å². The quantitative estimate of drug-likeness (QED) is 0.335. The number of carbonyl (C=O) groups excluding carboxylic acids is 1. The molecule has 4 nitrogen and oxygen atoms in total. The standard InChI is InChI=1S/C28H25ClF3N3O/c1-19-15-23(29)18-33-25(19)27(17-20-9-4-2-5-10-20,21-11-8-12-22(16-21)28(30,31)32)35-26(36)34-24-13-6-3-7-14-24/h2-16,33H,17-18H2,1H3,(H2,34,35,36). The van der Waals surface area contributed by atoms with Gasteiger partial charge >= 0.3 is 12.2 Å². The maximum atomic E-state index is 13.7. The van der Waals surface area contributed by atoms with Gasteiger partial charge in [-0.15, -0.1) is 0 Å². The molecular formula is C28H25ClF3N3O. The average Bonchev–Trinajstić information content (AvgIpc) is 2.84. The molecule has 1 aliphatic rings. The summed E-state index contributed by atoms with van der Waals surface area (Å²) in [5.74, 6) is 0. The molecule has 36 heavy (non-hydrogen) atoms. The number of benzene rings is 3. The van der Waals surface area contributed by atoms with Gasteiger partial charge in [0.2, 0.25) is 0 Å². The predicted molar refractivity (Wildman–Crippen MR) is 137 cm³/mol. The molecule has 0 aliphatic carbocycles. The third kappa shape index (κ3) is 5.74. The highest BCUT2D eigenvalue weighted by Crippen LogP contribution is 2.39. The molecule has 3 aromatic rings. The summed E-state index contributed by atoms with van der Waals surface area (Å²) < 4.78 is 41.2. The van der Waals surface area contributed by atoms with E-state index in [2.05, 4.69) is 16.0 Å². The highest BCUT2D eigenvalue weighted by atomic mass is 35.5. The summed E-state index contributed by atoms with van der Waals surface area (Å²) in [6.07, 6.45) is -2.59. The van der Waals surface area contributed by atoms with Gasteiger partial charge in [0.25, 0.3) is 0 Å². The van der Waals surface area contributed by atoms with Crippen molar-refractivity contribution in [3.8, 4) is 0 Å². The van der Waals surface area contributed by atoms with Crippen LogP contribution in [-0.2, 0) is 18.1 Å². The zero-order valence-electron chi connectivity index (χ0n) is 19.5. The van der Waals surface area contributed by atoms with Crippen molar-refractivity contribution in [2.24, 2.45) is 0 Å². The van der Waals surface area contributed by atoms with Crippen LogP contribution in [0.5, 0.6) is 0 Å². The number of allylic oxidation sites excluding steroid dienone is 2.